The lowest BCUT2D eigenvalue weighted by Crippen LogP contribution is -2.07. The summed E-state index contributed by atoms with van der Waals surface area (Å²) in [5.74, 6) is 0.201. The molecule has 0 fully saturated rings. The van der Waals surface area contributed by atoms with Gasteiger partial charge in [-0.2, -0.15) is 5.26 Å². The van der Waals surface area contributed by atoms with Gasteiger partial charge in [0, 0.05) is 0 Å². The van der Waals surface area contributed by atoms with Crippen molar-refractivity contribution in [2.24, 2.45) is 0 Å². The van der Waals surface area contributed by atoms with Crippen LogP contribution in [0.3, 0.4) is 0 Å². The third-order valence-corrected chi connectivity index (χ3v) is 1.94. The molecule has 1 aromatic rings. The van der Waals surface area contributed by atoms with Crippen LogP contribution in [0.15, 0.2) is 0 Å². The Kier molecular flexibility index (Phi) is 3.30. The minimum atomic E-state index is -2.74. The van der Waals surface area contributed by atoms with E-state index in [9.17, 15) is 8.78 Å². The fourth-order valence-electron chi connectivity index (χ4n) is 1.31. The van der Waals surface area contributed by atoms with Crippen LogP contribution in [-0.4, -0.2) is 9.97 Å². The van der Waals surface area contributed by atoms with E-state index in [1.807, 2.05) is 0 Å². The molecule has 0 aliphatic carbocycles. The molecule has 0 N–H and O–H groups in total. The summed E-state index contributed by atoms with van der Waals surface area (Å²) >= 11 is 0. The number of hydrogen-bond donors (Lipinski definition) is 0. The van der Waals surface area contributed by atoms with Gasteiger partial charge >= 0.3 is 0 Å². The van der Waals surface area contributed by atoms with Crippen LogP contribution in [0.25, 0.3) is 0 Å². The fourth-order valence-corrected chi connectivity index (χ4v) is 1.31. The molecule has 0 aliphatic rings. The summed E-state index contributed by atoms with van der Waals surface area (Å²) in [5.41, 5.74) is -0.167. The smallest absolute Gasteiger partial charge is 0.237 e. The van der Waals surface area contributed by atoms with Crippen molar-refractivity contribution in [1.82, 2.24) is 9.97 Å². The molecule has 3 nitrogen and oxygen atoms in total. The highest BCUT2D eigenvalue weighted by atomic mass is 19.3. The van der Waals surface area contributed by atoms with Crippen LogP contribution in [0.2, 0.25) is 0 Å². The first-order valence-electron chi connectivity index (χ1n) is 4.54. The Morgan fingerprint density at radius 1 is 1.20 bits per heavy atom. The number of halogens is 2. The summed E-state index contributed by atoms with van der Waals surface area (Å²) in [6.45, 7) is 5.15. The number of aromatic nitrogens is 2. The van der Waals surface area contributed by atoms with E-state index >= 15 is 0 Å². The summed E-state index contributed by atoms with van der Waals surface area (Å²) in [7, 11) is 0. The first kappa shape index (κ1) is 11.5. The van der Waals surface area contributed by atoms with E-state index in [1.54, 1.807) is 26.8 Å². The molecular formula is C10H11F2N3. The third-order valence-electron chi connectivity index (χ3n) is 1.94. The van der Waals surface area contributed by atoms with Gasteiger partial charge in [-0.1, -0.05) is 13.8 Å². The highest BCUT2D eigenvalue weighted by Crippen LogP contribution is 2.25. The maximum Gasteiger partial charge on any atom is 0.281 e. The molecule has 1 aromatic heterocycles. The van der Waals surface area contributed by atoms with Crippen molar-refractivity contribution >= 4 is 0 Å². The third kappa shape index (κ3) is 2.27. The van der Waals surface area contributed by atoms with Crippen LogP contribution in [0, 0.1) is 18.3 Å². The van der Waals surface area contributed by atoms with Crippen molar-refractivity contribution in [2.45, 2.75) is 33.1 Å². The molecule has 0 radical (unpaired) electrons. The van der Waals surface area contributed by atoms with E-state index < -0.39 is 12.1 Å². The monoisotopic (exact) mass is 211 g/mol. The Morgan fingerprint density at radius 3 is 2.13 bits per heavy atom. The van der Waals surface area contributed by atoms with Gasteiger partial charge in [0.2, 0.25) is 0 Å². The zero-order chi connectivity index (χ0) is 11.6. The highest BCUT2D eigenvalue weighted by molar-refractivity contribution is 5.39. The molecule has 0 saturated carbocycles. The predicted molar refractivity (Wildman–Crippen MR) is 50.5 cm³/mol. The highest BCUT2D eigenvalue weighted by Gasteiger charge is 2.21. The van der Waals surface area contributed by atoms with E-state index in [1.165, 1.54) is 0 Å². The number of alkyl halides is 2. The van der Waals surface area contributed by atoms with E-state index in [0.717, 1.165) is 0 Å². The molecule has 0 aliphatic heterocycles. The summed E-state index contributed by atoms with van der Waals surface area (Å²) in [6, 6.07) is 1.75. The van der Waals surface area contributed by atoms with Crippen LogP contribution >= 0.6 is 0 Å². The van der Waals surface area contributed by atoms with Gasteiger partial charge in [0.1, 0.15) is 23.2 Å². The van der Waals surface area contributed by atoms with Crippen molar-refractivity contribution < 1.29 is 8.78 Å². The first-order valence-corrected chi connectivity index (χ1v) is 4.54. The molecule has 1 rings (SSSR count). The van der Waals surface area contributed by atoms with Crippen LogP contribution in [0.1, 0.15) is 49.0 Å². The van der Waals surface area contributed by atoms with Crippen LogP contribution < -0.4 is 0 Å². The van der Waals surface area contributed by atoms with Crippen molar-refractivity contribution in [1.29, 1.82) is 5.26 Å². The van der Waals surface area contributed by atoms with Gasteiger partial charge in [0.05, 0.1) is 5.69 Å². The number of aryl methyl sites for hydroxylation is 1. The Labute approximate surface area is 86.8 Å². The Bertz CT molecular complexity index is 379. The zero-order valence-electron chi connectivity index (χ0n) is 8.75. The maximum atomic E-state index is 12.6. The normalized spacial score (nSPS) is 10.8. The van der Waals surface area contributed by atoms with Crippen molar-refractivity contribution in [3.05, 3.63) is 22.8 Å². The van der Waals surface area contributed by atoms with Gasteiger partial charge < -0.3 is 0 Å². The van der Waals surface area contributed by atoms with E-state index in [-0.39, 0.29) is 17.3 Å². The molecule has 0 unspecified atom stereocenters. The molecule has 5 heteroatoms. The molecule has 0 bridgehead atoms. The Hall–Kier alpha value is -1.57. The fraction of sp³-hybridized carbons (Fsp3) is 0.500. The average molecular weight is 211 g/mol. The number of nitrogens with zero attached hydrogens (tertiary/aromatic N) is 3. The number of rotatable bonds is 2. The summed E-state index contributed by atoms with van der Waals surface area (Å²) in [4.78, 5) is 7.62. The minimum absolute atomic E-state index is 0.0705. The second-order valence-corrected chi connectivity index (χ2v) is 3.48. The Balaban J connectivity index is 3.47. The lowest BCUT2D eigenvalue weighted by Gasteiger charge is -2.11. The maximum absolute atomic E-state index is 12.6. The van der Waals surface area contributed by atoms with Gasteiger partial charge in [-0.3, -0.25) is 0 Å². The van der Waals surface area contributed by atoms with Gasteiger partial charge in [-0.05, 0) is 12.8 Å². The molecule has 15 heavy (non-hydrogen) atoms. The number of hydrogen-bond acceptors (Lipinski definition) is 3. The molecule has 0 amide bonds. The molecular weight excluding hydrogens is 200 g/mol. The largest absolute Gasteiger partial charge is 0.281 e. The van der Waals surface area contributed by atoms with Crippen molar-refractivity contribution in [3.8, 4) is 6.07 Å². The van der Waals surface area contributed by atoms with Crippen molar-refractivity contribution in [2.75, 3.05) is 0 Å². The second-order valence-electron chi connectivity index (χ2n) is 3.48. The van der Waals surface area contributed by atoms with Crippen LogP contribution in [0.4, 0.5) is 8.78 Å². The average Bonchev–Trinajstić information content (AvgIpc) is 2.16. The predicted octanol–water partition coefficient (Wildman–Crippen LogP) is 2.72. The van der Waals surface area contributed by atoms with E-state index in [0.29, 0.717) is 5.69 Å². The SMILES string of the molecule is Cc1nc(C(C)C)c(C#N)c(C(F)F)n1. The molecule has 0 atom stereocenters. The molecule has 80 valence electrons. The van der Waals surface area contributed by atoms with E-state index in [4.69, 9.17) is 5.26 Å². The number of nitriles is 1. The van der Waals surface area contributed by atoms with Gasteiger partial charge in [-0.15, -0.1) is 0 Å². The quantitative estimate of drug-likeness (QED) is 0.755. The van der Waals surface area contributed by atoms with Crippen molar-refractivity contribution in [3.63, 3.8) is 0 Å². The molecule has 0 aromatic carbocycles. The Morgan fingerprint density at radius 2 is 1.73 bits per heavy atom. The summed E-state index contributed by atoms with van der Waals surface area (Å²) in [5, 5.41) is 8.82. The molecule has 0 spiro atoms. The van der Waals surface area contributed by atoms with Gasteiger partial charge in [-0.25, -0.2) is 18.7 Å². The standard InChI is InChI=1S/C10H11F2N3/c1-5(2)8-7(4-13)9(10(11)12)15-6(3)14-8/h5,10H,1-3H3. The van der Waals surface area contributed by atoms with Crippen LogP contribution in [-0.2, 0) is 0 Å². The van der Waals surface area contributed by atoms with Gasteiger partial charge in [0.25, 0.3) is 6.43 Å². The first-order chi connectivity index (χ1) is 6.97. The van der Waals surface area contributed by atoms with Crippen LogP contribution in [0.5, 0.6) is 0 Å². The zero-order valence-corrected chi connectivity index (χ0v) is 8.75. The van der Waals surface area contributed by atoms with Gasteiger partial charge in [0.15, 0.2) is 0 Å². The topological polar surface area (TPSA) is 49.6 Å². The summed E-state index contributed by atoms with van der Waals surface area (Å²) in [6.07, 6.45) is -2.74. The lowest BCUT2D eigenvalue weighted by atomic mass is 10.0. The molecule has 1 heterocycles. The minimum Gasteiger partial charge on any atom is -0.237 e. The lowest BCUT2D eigenvalue weighted by molar-refractivity contribution is 0.145. The summed E-state index contributed by atoms with van der Waals surface area (Å²) < 4.78 is 25.2. The molecule has 0 saturated heterocycles. The van der Waals surface area contributed by atoms with E-state index in [2.05, 4.69) is 9.97 Å². The second kappa shape index (κ2) is 4.30.